The van der Waals surface area contributed by atoms with Gasteiger partial charge in [0.2, 0.25) is 0 Å². The average molecular weight is 309 g/mol. The quantitative estimate of drug-likeness (QED) is 0.672. The summed E-state index contributed by atoms with van der Waals surface area (Å²) in [7, 11) is 1.39. The van der Waals surface area contributed by atoms with Gasteiger partial charge in [-0.05, 0) is 48.9 Å². The lowest BCUT2D eigenvalue weighted by molar-refractivity contribution is 0.0600. The van der Waals surface area contributed by atoms with Gasteiger partial charge in [0.15, 0.2) is 0 Å². The molecule has 0 aliphatic carbocycles. The van der Waals surface area contributed by atoms with Crippen LogP contribution in [-0.2, 0) is 11.3 Å². The van der Waals surface area contributed by atoms with E-state index in [2.05, 4.69) is 16.7 Å². The molecule has 118 valence electrons. The van der Waals surface area contributed by atoms with Gasteiger partial charge >= 0.3 is 5.97 Å². The summed E-state index contributed by atoms with van der Waals surface area (Å²) in [6, 6.07) is 15.7. The van der Waals surface area contributed by atoms with E-state index in [0.29, 0.717) is 18.7 Å². The van der Waals surface area contributed by atoms with Crippen molar-refractivity contribution >= 4 is 16.9 Å². The normalized spacial score (nSPS) is 10.7. The van der Waals surface area contributed by atoms with E-state index in [1.165, 1.54) is 7.11 Å². The summed E-state index contributed by atoms with van der Waals surface area (Å²) in [4.78, 5) is 11.6. The van der Waals surface area contributed by atoms with Crippen LogP contribution in [0.4, 0.5) is 0 Å². The molecule has 4 nitrogen and oxygen atoms in total. The number of aromatic nitrogens is 1. The molecule has 0 spiro atoms. The highest BCUT2D eigenvalue weighted by molar-refractivity contribution is 5.89. The second-order valence-electron chi connectivity index (χ2n) is 5.29. The highest BCUT2D eigenvalue weighted by atomic mass is 16.5. The summed E-state index contributed by atoms with van der Waals surface area (Å²) in [5.41, 5.74) is 2.76. The van der Waals surface area contributed by atoms with Gasteiger partial charge in [-0.1, -0.05) is 12.1 Å². The highest BCUT2D eigenvalue weighted by Gasteiger charge is 2.07. The number of nitrogens with zero attached hydrogens (tertiary/aromatic N) is 1. The van der Waals surface area contributed by atoms with Crippen molar-refractivity contribution in [3.63, 3.8) is 0 Å². The van der Waals surface area contributed by atoms with Crippen molar-refractivity contribution in [2.45, 2.75) is 13.5 Å². The molecule has 1 aromatic heterocycles. The van der Waals surface area contributed by atoms with E-state index in [-0.39, 0.29) is 5.97 Å². The molecule has 0 bridgehead atoms. The van der Waals surface area contributed by atoms with Crippen molar-refractivity contribution in [2.75, 3.05) is 13.7 Å². The number of carbonyl (C=O) groups excluding carboxylic acids is 1. The molecule has 3 rings (SSSR count). The van der Waals surface area contributed by atoms with Gasteiger partial charge in [0.25, 0.3) is 0 Å². The number of rotatable bonds is 5. The van der Waals surface area contributed by atoms with Crippen LogP contribution in [0.25, 0.3) is 10.9 Å². The zero-order chi connectivity index (χ0) is 16.2. The standard InChI is InChI=1S/C19H19NO3/c1-3-23-17-7-8-18-15(12-17)9-10-20(18)13-14-5-4-6-16(11-14)19(21)22-2/h4-12H,3,13H2,1-2H3. The predicted octanol–water partition coefficient (Wildman–Crippen LogP) is 3.87. The Morgan fingerprint density at radius 3 is 2.78 bits per heavy atom. The molecular formula is C19H19NO3. The van der Waals surface area contributed by atoms with E-state index in [4.69, 9.17) is 9.47 Å². The van der Waals surface area contributed by atoms with Crippen LogP contribution in [-0.4, -0.2) is 24.3 Å². The van der Waals surface area contributed by atoms with E-state index < -0.39 is 0 Å². The minimum Gasteiger partial charge on any atom is -0.494 e. The molecule has 23 heavy (non-hydrogen) atoms. The lowest BCUT2D eigenvalue weighted by atomic mass is 10.1. The van der Waals surface area contributed by atoms with Crippen molar-refractivity contribution < 1.29 is 14.3 Å². The summed E-state index contributed by atoms with van der Waals surface area (Å²) in [6.45, 7) is 3.33. The monoisotopic (exact) mass is 309 g/mol. The van der Waals surface area contributed by atoms with Crippen molar-refractivity contribution in [2.24, 2.45) is 0 Å². The molecular weight excluding hydrogens is 290 g/mol. The smallest absolute Gasteiger partial charge is 0.337 e. The maximum Gasteiger partial charge on any atom is 0.337 e. The third-order valence-electron chi connectivity index (χ3n) is 3.75. The Morgan fingerprint density at radius 1 is 1.13 bits per heavy atom. The first-order valence-electron chi connectivity index (χ1n) is 7.60. The molecule has 0 N–H and O–H groups in total. The molecule has 4 heteroatoms. The first-order valence-corrected chi connectivity index (χ1v) is 7.60. The number of hydrogen-bond donors (Lipinski definition) is 0. The molecule has 3 aromatic rings. The summed E-state index contributed by atoms with van der Waals surface area (Å²) in [6.07, 6.45) is 2.05. The minimum absolute atomic E-state index is 0.314. The Bertz CT molecular complexity index is 836. The summed E-state index contributed by atoms with van der Waals surface area (Å²) < 4.78 is 12.5. The van der Waals surface area contributed by atoms with Gasteiger partial charge in [-0.2, -0.15) is 0 Å². The Balaban J connectivity index is 1.88. The number of esters is 1. The van der Waals surface area contributed by atoms with Crippen LogP contribution in [0, 0.1) is 0 Å². The van der Waals surface area contributed by atoms with E-state index in [1.54, 1.807) is 6.07 Å². The Morgan fingerprint density at radius 2 is 2.00 bits per heavy atom. The van der Waals surface area contributed by atoms with Crippen molar-refractivity contribution in [3.05, 3.63) is 65.9 Å². The van der Waals surface area contributed by atoms with E-state index in [9.17, 15) is 4.79 Å². The Kier molecular flexibility index (Phi) is 4.33. The Hall–Kier alpha value is -2.75. The number of methoxy groups -OCH3 is 1. The highest BCUT2D eigenvalue weighted by Crippen LogP contribution is 2.23. The molecule has 0 fully saturated rings. The van der Waals surface area contributed by atoms with Gasteiger partial charge in [-0.3, -0.25) is 0 Å². The van der Waals surface area contributed by atoms with Crippen LogP contribution in [0.5, 0.6) is 5.75 Å². The largest absolute Gasteiger partial charge is 0.494 e. The third kappa shape index (κ3) is 3.21. The maximum atomic E-state index is 11.6. The SMILES string of the molecule is CCOc1ccc2c(ccn2Cc2cccc(C(=O)OC)c2)c1. The lowest BCUT2D eigenvalue weighted by Gasteiger charge is -2.08. The second-order valence-corrected chi connectivity index (χ2v) is 5.29. The number of fused-ring (bicyclic) bond motifs is 1. The molecule has 0 aliphatic rings. The van der Waals surface area contributed by atoms with E-state index in [0.717, 1.165) is 22.2 Å². The fourth-order valence-corrected chi connectivity index (χ4v) is 2.68. The molecule has 0 radical (unpaired) electrons. The van der Waals surface area contributed by atoms with Crippen LogP contribution in [0.3, 0.4) is 0 Å². The number of carbonyl (C=O) groups is 1. The van der Waals surface area contributed by atoms with Crippen molar-refractivity contribution in [3.8, 4) is 5.75 Å². The third-order valence-corrected chi connectivity index (χ3v) is 3.75. The fourth-order valence-electron chi connectivity index (χ4n) is 2.68. The molecule has 0 saturated carbocycles. The lowest BCUT2D eigenvalue weighted by Crippen LogP contribution is -2.03. The van der Waals surface area contributed by atoms with Crippen LogP contribution in [0.15, 0.2) is 54.7 Å². The van der Waals surface area contributed by atoms with Gasteiger partial charge in [0, 0.05) is 23.6 Å². The van der Waals surface area contributed by atoms with Gasteiger partial charge in [-0.15, -0.1) is 0 Å². The predicted molar refractivity (Wildman–Crippen MR) is 90.0 cm³/mol. The molecule has 0 atom stereocenters. The van der Waals surface area contributed by atoms with Crippen molar-refractivity contribution in [1.29, 1.82) is 0 Å². The maximum absolute atomic E-state index is 11.6. The van der Waals surface area contributed by atoms with Crippen molar-refractivity contribution in [1.82, 2.24) is 4.57 Å². The van der Waals surface area contributed by atoms with Crippen LogP contribution in [0.1, 0.15) is 22.8 Å². The average Bonchev–Trinajstić information content (AvgIpc) is 2.97. The van der Waals surface area contributed by atoms with Gasteiger partial charge in [-0.25, -0.2) is 4.79 Å². The summed E-state index contributed by atoms with van der Waals surface area (Å²) >= 11 is 0. The van der Waals surface area contributed by atoms with Gasteiger partial charge in [0.05, 0.1) is 19.3 Å². The summed E-state index contributed by atoms with van der Waals surface area (Å²) in [5, 5.41) is 1.14. The molecule has 0 amide bonds. The Labute approximate surface area is 135 Å². The number of benzene rings is 2. The second kappa shape index (κ2) is 6.57. The molecule has 1 heterocycles. The molecule has 2 aromatic carbocycles. The minimum atomic E-state index is -0.314. The molecule has 0 aliphatic heterocycles. The zero-order valence-electron chi connectivity index (χ0n) is 13.3. The fraction of sp³-hybridized carbons (Fsp3) is 0.211. The van der Waals surface area contributed by atoms with Gasteiger partial charge in [0.1, 0.15) is 5.75 Å². The van der Waals surface area contributed by atoms with Crippen LogP contribution >= 0.6 is 0 Å². The molecule has 0 unspecified atom stereocenters. The number of ether oxygens (including phenoxy) is 2. The van der Waals surface area contributed by atoms with E-state index in [1.807, 2.05) is 43.5 Å². The van der Waals surface area contributed by atoms with E-state index >= 15 is 0 Å². The van der Waals surface area contributed by atoms with Gasteiger partial charge < -0.3 is 14.0 Å². The summed E-state index contributed by atoms with van der Waals surface area (Å²) in [5.74, 6) is 0.566. The number of hydrogen-bond acceptors (Lipinski definition) is 3. The first-order chi connectivity index (χ1) is 11.2. The van der Waals surface area contributed by atoms with Crippen LogP contribution < -0.4 is 4.74 Å². The topological polar surface area (TPSA) is 40.5 Å². The van der Waals surface area contributed by atoms with Crippen LogP contribution in [0.2, 0.25) is 0 Å². The first kappa shape index (κ1) is 15.2. The zero-order valence-corrected chi connectivity index (χ0v) is 13.3. The molecule has 0 saturated heterocycles.